The maximum atomic E-state index is 15.8. The number of piperidine rings is 1. The number of hydrogen-bond acceptors (Lipinski definition) is 8. The Morgan fingerprint density at radius 2 is 1.84 bits per heavy atom. The number of aliphatic hydroxyl groups is 1. The van der Waals surface area contributed by atoms with Crippen LogP contribution in [0.2, 0.25) is 0 Å². The molecular formula is C32H34FN7O4. The highest BCUT2D eigenvalue weighted by Gasteiger charge is 2.36. The van der Waals surface area contributed by atoms with Crippen molar-refractivity contribution in [2.24, 2.45) is 0 Å². The Balaban J connectivity index is 1.55. The fourth-order valence-corrected chi connectivity index (χ4v) is 4.88. The zero-order valence-electron chi connectivity index (χ0n) is 25.3. The summed E-state index contributed by atoms with van der Waals surface area (Å²) in [4.78, 5) is 39.0. The van der Waals surface area contributed by atoms with Crippen molar-refractivity contribution in [1.82, 2.24) is 29.9 Å². The predicted molar refractivity (Wildman–Crippen MR) is 162 cm³/mol. The fraction of sp³-hybridized carbons (Fsp3) is 0.375. The molecule has 0 spiro atoms. The Kier molecular flexibility index (Phi) is 8.34. The molecule has 3 aromatic heterocycles. The molecule has 1 atom stereocenters. The van der Waals surface area contributed by atoms with Gasteiger partial charge >= 0.3 is 6.09 Å². The summed E-state index contributed by atoms with van der Waals surface area (Å²) in [5.74, 6) is 4.45. The summed E-state index contributed by atoms with van der Waals surface area (Å²) in [5, 5.41) is 18.4. The number of amides is 2. The Morgan fingerprint density at radius 1 is 1.09 bits per heavy atom. The molecule has 1 aromatic carbocycles. The molecule has 1 saturated heterocycles. The molecule has 0 aliphatic carbocycles. The highest BCUT2D eigenvalue weighted by Crippen LogP contribution is 2.29. The van der Waals surface area contributed by atoms with E-state index in [1.165, 1.54) is 27.9 Å². The number of carbonyl (C=O) groups is 2. The first kappa shape index (κ1) is 30.6. The summed E-state index contributed by atoms with van der Waals surface area (Å²) in [6.45, 7) is 9.04. The van der Waals surface area contributed by atoms with Gasteiger partial charge in [0.1, 0.15) is 22.5 Å². The number of ether oxygens (including phenoxy) is 1. The number of aromatic nitrogens is 5. The summed E-state index contributed by atoms with van der Waals surface area (Å²) in [7, 11) is 0. The maximum Gasteiger partial charge on any atom is 0.410 e. The molecule has 11 nitrogen and oxygen atoms in total. The molecule has 1 aliphatic rings. The summed E-state index contributed by atoms with van der Waals surface area (Å²) in [6, 6.07) is 10.4. The van der Waals surface area contributed by atoms with E-state index < -0.39 is 35.1 Å². The van der Waals surface area contributed by atoms with Gasteiger partial charge in [-0.2, -0.15) is 4.68 Å². The van der Waals surface area contributed by atoms with E-state index >= 15 is 4.39 Å². The van der Waals surface area contributed by atoms with Gasteiger partial charge in [-0.05, 0) is 83.9 Å². The van der Waals surface area contributed by atoms with Crippen molar-refractivity contribution in [2.75, 3.05) is 18.0 Å². The number of nitrogens with zero attached hydrogens (tertiary/aromatic N) is 7. The van der Waals surface area contributed by atoms with E-state index in [0.29, 0.717) is 41.8 Å². The number of carbonyl (C=O) groups excluding carboxylic acids is 2. The average Bonchev–Trinajstić information content (AvgIpc) is 3.40. The van der Waals surface area contributed by atoms with Crippen LogP contribution in [-0.4, -0.2) is 77.3 Å². The normalized spacial score (nSPS) is 15.4. The van der Waals surface area contributed by atoms with Crippen LogP contribution in [0.15, 0.2) is 54.9 Å². The molecule has 0 unspecified atom stereocenters. The van der Waals surface area contributed by atoms with Crippen molar-refractivity contribution < 1.29 is 23.8 Å². The SMILES string of the molecule is CC(C)(O)C#Cc1cccnc1N(C(=O)c1ccc(-n2nnc3cccnc32)cc1F)[C@@H]1CCCN(C(=O)OC(C)(C)C)C1. The van der Waals surface area contributed by atoms with Crippen LogP contribution in [0.1, 0.15) is 63.4 Å². The van der Waals surface area contributed by atoms with E-state index in [-0.39, 0.29) is 17.9 Å². The minimum absolute atomic E-state index is 0.145. The highest BCUT2D eigenvalue weighted by atomic mass is 19.1. The van der Waals surface area contributed by atoms with E-state index in [0.717, 1.165) is 0 Å². The van der Waals surface area contributed by atoms with Crippen molar-refractivity contribution in [1.29, 1.82) is 0 Å². The summed E-state index contributed by atoms with van der Waals surface area (Å²) in [6.07, 6.45) is 3.71. The van der Waals surface area contributed by atoms with Crippen molar-refractivity contribution in [3.63, 3.8) is 0 Å². The van der Waals surface area contributed by atoms with Crippen LogP contribution in [0.25, 0.3) is 16.9 Å². The lowest BCUT2D eigenvalue weighted by Crippen LogP contribution is -2.53. The van der Waals surface area contributed by atoms with E-state index in [4.69, 9.17) is 4.74 Å². The van der Waals surface area contributed by atoms with Crippen LogP contribution in [0, 0.1) is 17.7 Å². The number of anilines is 1. The molecule has 4 aromatic rings. The van der Waals surface area contributed by atoms with E-state index in [1.54, 1.807) is 76.0 Å². The number of benzene rings is 1. The van der Waals surface area contributed by atoms with Crippen LogP contribution >= 0.6 is 0 Å². The molecule has 4 heterocycles. The minimum Gasteiger partial charge on any atom is -0.444 e. The Morgan fingerprint density at radius 3 is 2.57 bits per heavy atom. The second-order valence-electron chi connectivity index (χ2n) is 12.1. The Labute approximate surface area is 254 Å². The van der Waals surface area contributed by atoms with Gasteiger partial charge in [0.05, 0.1) is 22.9 Å². The van der Waals surface area contributed by atoms with E-state index in [2.05, 4.69) is 32.1 Å². The molecule has 12 heteroatoms. The molecule has 1 fully saturated rings. The number of hydrogen-bond donors (Lipinski definition) is 1. The molecule has 0 saturated carbocycles. The minimum atomic E-state index is -1.30. The van der Waals surface area contributed by atoms with E-state index in [1.807, 2.05) is 0 Å². The standard InChI is InChI=1S/C32H34FN7O4/c1-31(2,3)44-30(42)38-18-8-10-23(20-38)39(27-21(9-6-16-34-27)14-15-32(4,5)43)29(41)24-13-12-22(19-25(24)33)40-28-26(36-37-40)11-7-17-35-28/h6-7,9,11-13,16-17,19,23,43H,8,10,18,20H2,1-5H3/t23-/m1/s1. The second-order valence-corrected chi connectivity index (χ2v) is 12.1. The first-order valence-electron chi connectivity index (χ1n) is 14.3. The van der Waals surface area contributed by atoms with Gasteiger partial charge in [0.15, 0.2) is 11.5 Å². The van der Waals surface area contributed by atoms with Crippen molar-refractivity contribution in [2.45, 2.75) is 64.7 Å². The average molecular weight is 600 g/mol. The lowest BCUT2D eigenvalue weighted by molar-refractivity contribution is 0.0195. The molecule has 0 bridgehead atoms. The van der Waals surface area contributed by atoms with Gasteiger partial charge in [-0.15, -0.1) is 5.10 Å². The quantitative estimate of drug-likeness (QED) is 0.340. The largest absolute Gasteiger partial charge is 0.444 e. The number of fused-ring (bicyclic) bond motifs is 1. The molecule has 1 N–H and O–H groups in total. The maximum absolute atomic E-state index is 15.8. The van der Waals surface area contributed by atoms with Crippen molar-refractivity contribution >= 4 is 29.0 Å². The third-order valence-electron chi connectivity index (χ3n) is 6.79. The van der Waals surface area contributed by atoms with Gasteiger partial charge in [0.2, 0.25) is 0 Å². The Hall–Kier alpha value is -4.89. The van der Waals surface area contributed by atoms with Gasteiger partial charge in [-0.3, -0.25) is 9.69 Å². The molecule has 44 heavy (non-hydrogen) atoms. The predicted octanol–water partition coefficient (Wildman–Crippen LogP) is 4.52. The fourth-order valence-electron chi connectivity index (χ4n) is 4.88. The third kappa shape index (κ3) is 6.84. The third-order valence-corrected chi connectivity index (χ3v) is 6.79. The second kappa shape index (κ2) is 12.0. The van der Waals surface area contributed by atoms with Crippen LogP contribution in [0.3, 0.4) is 0 Å². The highest BCUT2D eigenvalue weighted by molar-refractivity contribution is 6.07. The first-order chi connectivity index (χ1) is 20.8. The summed E-state index contributed by atoms with van der Waals surface area (Å²) < 4.78 is 22.8. The molecule has 228 valence electrons. The van der Waals surface area contributed by atoms with Crippen molar-refractivity contribution in [3.05, 3.63) is 71.8 Å². The number of likely N-dealkylation sites (tertiary alicyclic amines) is 1. The van der Waals surface area contributed by atoms with Gasteiger partial charge in [-0.1, -0.05) is 17.1 Å². The van der Waals surface area contributed by atoms with Gasteiger partial charge in [0.25, 0.3) is 5.91 Å². The summed E-state index contributed by atoms with van der Waals surface area (Å²) >= 11 is 0. The van der Waals surface area contributed by atoms with Crippen LogP contribution in [0.4, 0.5) is 15.0 Å². The topological polar surface area (TPSA) is 127 Å². The smallest absolute Gasteiger partial charge is 0.410 e. The van der Waals surface area contributed by atoms with Crippen LogP contribution < -0.4 is 4.90 Å². The molecule has 0 radical (unpaired) electrons. The Bertz CT molecular complexity index is 1760. The molecule has 5 rings (SSSR count). The zero-order valence-corrected chi connectivity index (χ0v) is 25.3. The summed E-state index contributed by atoms with van der Waals surface area (Å²) in [5.41, 5.74) is -0.502. The lowest BCUT2D eigenvalue weighted by atomic mass is 10.0. The first-order valence-corrected chi connectivity index (χ1v) is 14.3. The molecular weight excluding hydrogens is 565 g/mol. The number of rotatable bonds is 4. The lowest BCUT2D eigenvalue weighted by Gasteiger charge is -2.39. The van der Waals surface area contributed by atoms with Crippen molar-refractivity contribution in [3.8, 4) is 17.5 Å². The molecule has 2 amide bonds. The van der Waals surface area contributed by atoms with Gasteiger partial charge < -0.3 is 14.7 Å². The number of halogens is 1. The monoisotopic (exact) mass is 599 g/mol. The zero-order chi connectivity index (χ0) is 31.6. The molecule has 1 aliphatic heterocycles. The van der Waals surface area contributed by atoms with Gasteiger partial charge in [0, 0.05) is 31.5 Å². The van der Waals surface area contributed by atoms with Gasteiger partial charge in [-0.25, -0.2) is 19.2 Å². The number of pyridine rings is 2. The van der Waals surface area contributed by atoms with E-state index in [9.17, 15) is 14.7 Å². The van der Waals surface area contributed by atoms with Crippen LogP contribution in [0.5, 0.6) is 0 Å². The van der Waals surface area contributed by atoms with Crippen LogP contribution in [-0.2, 0) is 4.74 Å².